The topological polar surface area (TPSA) is 232 Å². The van der Waals surface area contributed by atoms with Crippen molar-refractivity contribution < 1.29 is 24.3 Å². The fraction of sp³-hybridized carbons (Fsp3) is 0.528. The predicted octanol–water partition coefficient (Wildman–Crippen LogP) is 1.98. The third-order valence-electron chi connectivity index (χ3n) is 9.54. The first-order valence-electron chi connectivity index (χ1n) is 16.8. The highest BCUT2D eigenvalue weighted by atomic mass is 16.3. The number of Topliss-reactive ketones (excluding diaryl/α,β-unsaturated/α-hetero) is 2. The summed E-state index contributed by atoms with van der Waals surface area (Å²) in [4.78, 5) is 55.6. The van der Waals surface area contributed by atoms with Crippen LogP contribution in [0.25, 0.3) is 0 Å². The molecule has 1 aliphatic rings. The highest BCUT2D eigenvalue weighted by Gasteiger charge is 2.34. The third kappa shape index (κ3) is 11.2. The molecule has 0 saturated carbocycles. The lowest BCUT2D eigenvalue weighted by atomic mass is 9.82. The number of nitrogens with two attached hydrogens (primary N) is 4. The first-order valence-corrected chi connectivity index (χ1v) is 16.8. The Bertz CT molecular complexity index is 1400. The number of unbranched alkanes of at least 4 members (excludes halogenated alkanes) is 1. The second-order valence-corrected chi connectivity index (χ2v) is 13.2. The minimum Gasteiger partial charge on any atom is -0.508 e. The van der Waals surface area contributed by atoms with E-state index in [4.69, 9.17) is 28.3 Å². The molecule has 12 heteroatoms. The van der Waals surface area contributed by atoms with Crippen LogP contribution in [-0.2, 0) is 32.0 Å². The number of hydrogen-bond donors (Lipinski definition) is 7. The van der Waals surface area contributed by atoms with Gasteiger partial charge in [0.2, 0.25) is 11.8 Å². The maximum Gasteiger partial charge on any atom is 0.224 e. The second-order valence-electron chi connectivity index (χ2n) is 13.2. The molecule has 2 amide bonds. The van der Waals surface area contributed by atoms with Crippen molar-refractivity contribution in [3.05, 3.63) is 64.7 Å². The lowest BCUT2D eigenvalue weighted by Crippen LogP contribution is -2.49. The third-order valence-corrected chi connectivity index (χ3v) is 9.54. The van der Waals surface area contributed by atoms with Gasteiger partial charge in [0.1, 0.15) is 5.75 Å². The summed E-state index contributed by atoms with van der Waals surface area (Å²) in [6, 6.07) is 10.8. The number of hydrogen-bond acceptors (Lipinski definition) is 8. The van der Waals surface area contributed by atoms with Crippen molar-refractivity contribution in [3.63, 3.8) is 0 Å². The Morgan fingerprint density at radius 3 is 2.10 bits per heavy atom. The number of primary amides is 1. The Morgan fingerprint density at radius 1 is 0.938 bits per heavy atom. The van der Waals surface area contributed by atoms with E-state index in [0.717, 1.165) is 22.3 Å². The molecule has 0 spiro atoms. The van der Waals surface area contributed by atoms with Crippen LogP contribution in [0.4, 0.5) is 0 Å². The van der Waals surface area contributed by atoms with Crippen LogP contribution in [-0.4, -0.2) is 71.1 Å². The molecule has 1 aliphatic heterocycles. The van der Waals surface area contributed by atoms with Gasteiger partial charge >= 0.3 is 0 Å². The predicted molar refractivity (Wildman–Crippen MR) is 186 cm³/mol. The van der Waals surface area contributed by atoms with E-state index < -0.39 is 35.7 Å². The number of rotatable bonds is 18. The number of nitrogens with one attached hydrogen (secondary N) is 2. The molecule has 0 aromatic heterocycles. The summed E-state index contributed by atoms with van der Waals surface area (Å²) in [6.07, 6.45) is 2.97. The van der Waals surface area contributed by atoms with Gasteiger partial charge in [-0.05, 0) is 106 Å². The van der Waals surface area contributed by atoms with E-state index in [2.05, 4.69) is 5.32 Å². The molecular weight excluding hydrogens is 610 g/mol. The number of amides is 2. The van der Waals surface area contributed by atoms with Crippen LogP contribution in [0.2, 0.25) is 0 Å². The molecule has 4 atom stereocenters. The molecule has 12 nitrogen and oxygen atoms in total. The summed E-state index contributed by atoms with van der Waals surface area (Å²) in [5.41, 5.74) is 26.8. The first kappa shape index (κ1) is 38.2. The maximum absolute atomic E-state index is 14.1. The molecular formula is C36H53N7O5. The molecule has 3 rings (SSSR count). The molecule has 1 saturated heterocycles. The zero-order valence-electron chi connectivity index (χ0n) is 28.3. The number of phenols is 1. The smallest absolute Gasteiger partial charge is 0.224 e. The number of phenolic OH excluding ortho intramolecular Hbond substituents is 1. The lowest BCUT2D eigenvalue weighted by Gasteiger charge is -2.34. The molecule has 0 radical (unpaired) electrons. The van der Waals surface area contributed by atoms with Crippen LogP contribution < -0.4 is 28.3 Å². The number of piperidine rings is 1. The van der Waals surface area contributed by atoms with Crippen molar-refractivity contribution in [2.75, 3.05) is 19.6 Å². The molecule has 1 heterocycles. The fourth-order valence-electron chi connectivity index (χ4n) is 6.59. The molecule has 0 unspecified atom stereocenters. The summed E-state index contributed by atoms with van der Waals surface area (Å²) in [5.74, 6) is -3.23. The van der Waals surface area contributed by atoms with Crippen molar-refractivity contribution in [3.8, 4) is 5.75 Å². The van der Waals surface area contributed by atoms with Crippen LogP contribution in [0.1, 0.15) is 67.2 Å². The van der Waals surface area contributed by atoms with E-state index >= 15 is 0 Å². The molecule has 2 aromatic carbocycles. The number of likely N-dealkylation sites (tertiary alicyclic amines) is 1. The van der Waals surface area contributed by atoms with E-state index in [9.17, 15) is 24.3 Å². The van der Waals surface area contributed by atoms with Crippen molar-refractivity contribution in [1.82, 2.24) is 10.2 Å². The van der Waals surface area contributed by atoms with E-state index in [1.54, 1.807) is 17.0 Å². The molecule has 1 fully saturated rings. The summed E-state index contributed by atoms with van der Waals surface area (Å²) in [7, 11) is 0. The van der Waals surface area contributed by atoms with Gasteiger partial charge in [-0.3, -0.25) is 24.6 Å². The molecule has 11 N–H and O–H groups in total. The Morgan fingerprint density at radius 2 is 1.54 bits per heavy atom. The van der Waals surface area contributed by atoms with E-state index in [1.807, 2.05) is 44.2 Å². The molecule has 0 aliphatic carbocycles. The quantitative estimate of drug-likeness (QED) is 0.0701. The standard InChI is InChI=1S/C36H53N7O5/c1-22-16-28(44)17-23(2)29(22)19-27(21-32(46)33(38)25-11-14-43(15-12-25)36(40)41)35(48)42-30(10-6-7-13-37)31(45)20-26(34(39)47)18-24-8-4-3-5-9-24/h3-5,8-9,16-17,25-27,30,33,44H,6-7,10-15,18-21,37-38H2,1-2H3,(H2,39,47)(H3,40,41)(H,42,48)/t26-,27-,30+,33-/m1/s1. The average molecular weight is 664 g/mol. The minimum atomic E-state index is -0.897. The van der Waals surface area contributed by atoms with Crippen molar-refractivity contribution in [2.45, 2.75) is 83.7 Å². The lowest BCUT2D eigenvalue weighted by molar-refractivity contribution is -0.134. The Balaban J connectivity index is 1.83. The zero-order valence-corrected chi connectivity index (χ0v) is 28.3. The molecule has 48 heavy (non-hydrogen) atoms. The van der Waals surface area contributed by atoms with E-state index in [1.165, 1.54) is 0 Å². The number of aromatic hydroxyl groups is 1. The Labute approximate surface area is 283 Å². The van der Waals surface area contributed by atoms with Gasteiger partial charge in [0, 0.05) is 37.8 Å². The van der Waals surface area contributed by atoms with Gasteiger partial charge in [-0.1, -0.05) is 30.3 Å². The van der Waals surface area contributed by atoms with Gasteiger partial charge in [-0.25, -0.2) is 0 Å². The first-order chi connectivity index (χ1) is 22.8. The summed E-state index contributed by atoms with van der Waals surface area (Å²) < 4.78 is 0. The van der Waals surface area contributed by atoms with Crippen LogP contribution in [0.3, 0.4) is 0 Å². The van der Waals surface area contributed by atoms with Gasteiger partial charge < -0.3 is 38.3 Å². The van der Waals surface area contributed by atoms with Crippen LogP contribution >= 0.6 is 0 Å². The minimum absolute atomic E-state index is 0.0116. The number of carbonyl (C=O) groups excluding carboxylic acids is 4. The Kier molecular flexibility index (Phi) is 14.6. The van der Waals surface area contributed by atoms with Gasteiger partial charge in [-0.15, -0.1) is 0 Å². The summed E-state index contributed by atoms with van der Waals surface area (Å²) >= 11 is 0. The van der Waals surface area contributed by atoms with Gasteiger partial charge in [0.25, 0.3) is 0 Å². The second kappa shape index (κ2) is 18.3. The highest BCUT2D eigenvalue weighted by molar-refractivity contribution is 5.94. The summed E-state index contributed by atoms with van der Waals surface area (Å²) in [6.45, 7) is 5.15. The van der Waals surface area contributed by atoms with Crippen molar-refractivity contribution >= 4 is 29.3 Å². The monoisotopic (exact) mass is 663 g/mol. The number of benzene rings is 2. The van der Waals surface area contributed by atoms with Gasteiger partial charge in [-0.2, -0.15) is 0 Å². The maximum atomic E-state index is 14.1. The molecule has 2 aromatic rings. The molecule has 262 valence electrons. The number of guanidine groups is 1. The van der Waals surface area contributed by atoms with Gasteiger partial charge in [0.05, 0.1) is 12.1 Å². The number of ketones is 2. The normalized spacial score (nSPS) is 16.0. The largest absolute Gasteiger partial charge is 0.508 e. The number of carbonyl (C=O) groups is 4. The van der Waals surface area contributed by atoms with Crippen molar-refractivity contribution in [2.24, 2.45) is 40.7 Å². The molecule has 0 bridgehead atoms. The SMILES string of the molecule is Cc1cc(O)cc(C)c1C[C@H](CC(=O)[C@H](N)C1CCN(C(=N)N)CC1)C(=O)N[C@@H](CCCCN)C(=O)C[C@@H](Cc1ccccc1)C(N)=O. The zero-order chi connectivity index (χ0) is 35.4. The highest BCUT2D eigenvalue weighted by Crippen LogP contribution is 2.27. The number of aryl methyl sites for hydroxylation is 2. The number of nitrogens with zero attached hydrogens (tertiary/aromatic N) is 1. The van der Waals surface area contributed by atoms with Gasteiger partial charge in [0.15, 0.2) is 17.5 Å². The average Bonchev–Trinajstić information content (AvgIpc) is 3.04. The fourth-order valence-corrected chi connectivity index (χ4v) is 6.59. The van der Waals surface area contributed by atoms with Crippen molar-refractivity contribution in [1.29, 1.82) is 5.41 Å². The summed E-state index contributed by atoms with van der Waals surface area (Å²) in [5, 5.41) is 20.7. The van der Waals surface area contributed by atoms with Crippen LogP contribution in [0.5, 0.6) is 5.75 Å². The van der Waals surface area contributed by atoms with Crippen LogP contribution in [0.15, 0.2) is 42.5 Å². The Hall–Kier alpha value is -4.29. The van der Waals surface area contributed by atoms with Crippen LogP contribution in [0, 0.1) is 37.0 Å². The van der Waals surface area contributed by atoms with E-state index in [-0.39, 0.29) is 48.5 Å². The van der Waals surface area contributed by atoms with E-state index in [0.29, 0.717) is 58.2 Å².